The fourth-order valence-electron chi connectivity index (χ4n) is 4.19. The number of nitrogens with zero attached hydrogens (tertiary/aromatic N) is 2. The highest BCUT2D eigenvalue weighted by Crippen LogP contribution is 2.36. The summed E-state index contributed by atoms with van der Waals surface area (Å²) in [5.74, 6) is 0.0448. The van der Waals surface area contributed by atoms with Crippen LogP contribution in [0.25, 0.3) is 5.57 Å². The van der Waals surface area contributed by atoms with E-state index in [1.165, 1.54) is 4.90 Å². The number of imide groups is 1. The maximum atomic E-state index is 13.7. The minimum atomic E-state index is -0.276. The second kappa shape index (κ2) is 10.2. The molecule has 4 rings (SSSR count). The average molecular weight is 441 g/mol. The van der Waals surface area contributed by atoms with E-state index in [9.17, 15) is 9.59 Å². The monoisotopic (exact) mass is 440 g/mol. The summed E-state index contributed by atoms with van der Waals surface area (Å²) in [6, 6.07) is 27.3. The molecule has 0 aliphatic carbocycles. The summed E-state index contributed by atoms with van der Waals surface area (Å²) in [5, 5.41) is 0. The van der Waals surface area contributed by atoms with Crippen molar-refractivity contribution in [1.82, 2.24) is 9.80 Å². The van der Waals surface area contributed by atoms with Crippen LogP contribution in [0.15, 0.2) is 90.6 Å². The number of para-hydroxylation sites is 1. The molecule has 0 aromatic heterocycles. The van der Waals surface area contributed by atoms with Crippen LogP contribution in [-0.2, 0) is 22.6 Å². The first kappa shape index (κ1) is 22.3. The number of methoxy groups -OCH3 is 1. The molecule has 0 saturated heterocycles. The van der Waals surface area contributed by atoms with E-state index in [0.717, 1.165) is 11.1 Å². The van der Waals surface area contributed by atoms with Crippen molar-refractivity contribution in [1.29, 1.82) is 0 Å². The molecular weight excluding hydrogens is 412 g/mol. The molecule has 0 fully saturated rings. The van der Waals surface area contributed by atoms with Crippen LogP contribution in [0.5, 0.6) is 5.75 Å². The van der Waals surface area contributed by atoms with Crippen molar-refractivity contribution >= 4 is 17.4 Å². The third kappa shape index (κ3) is 4.67. The van der Waals surface area contributed by atoms with Crippen LogP contribution in [0.4, 0.5) is 0 Å². The first-order valence-electron chi connectivity index (χ1n) is 11.2. The van der Waals surface area contributed by atoms with Gasteiger partial charge >= 0.3 is 0 Å². The van der Waals surface area contributed by atoms with Crippen LogP contribution < -0.4 is 4.74 Å². The lowest BCUT2D eigenvalue weighted by Gasteiger charge is -2.25. The average Bonchev–Trinajstić information content (AvgIpc) is 3.11. The molecule has 0 radical (unpaired) electrons. The van der Waals surface area contributed by atoms with Gasteiger partial charge in [-0.3, -0.25) is 14.5 Å². The molecule has 0 unspecified atom stereocenters. The minimum Gasteiger partial charge on any atom is -0.496 e. The normalized spacial score (nSPS) is 13.6. The molecule has 3 aromatic rings. The maximum absolute atomic E-state index is 13.7. The molecule has 0 N–H and O–H groups in total. The fourth-order valence-corrected chi connectivity index (χ4v) is 4.19. The molecule has 0 atom stereocenters. The van der Waals surface area contributed by atoms with E-state index in [1.54, 1.807) is 7.11 Å². The molecule has 0 bridgehead atoms. The Kier molecular flexibility index (Phi) is 6.89. The number of rotatable bonds is 9. The van der Waals surface area contributed by atoms with Crippen LogP contribution in [-0.4, -0.2) is 41.8 Å². The van der Waals surface area contributed by atoms with Crippen LogP contribution >= 0.6 is 0 Å². The maximum Gasteiger partial charge on any atom is 0.277 e. The molecule has 3 aromatic carbocycles. The van der Waals surface area contributed by atoms with Crippen LogP contribution in [0.3, 0.4) is 0 Å². The number of ether oxygens (including phenoxy) is 1. The third-order valence-corrected chi connectivity index (χ3v) is 5.90. The van der Waals surface area contributed by atoms with Crippen molar-refractivity contribution in [3.8, 4) is 5.75 Å². The van der Waals surface area contributed by atoms with Gasteiger partial charge in [0.05, 0.1) is 12.7 Å². The zero-order valence-corrected chi connectivity index (χ0v) is 19.0. The van der Waals surface area contributed by atoms with Gasteiger partial charge < -0.3 is 9.64 Å². The van der Waals surface area contributed by atoms with E-state index in [4.69, 9.17) is 4.74 Å². The Labute approximate surface area is 194 Å². The highest BCUT2D eigenvalue weighted by Gasteiger charge is 2.41. The smallest absolute Gasteiger partial charge is 0.277 e. The predicted octanol–water partition coefficient (Wildman–Crippen LogP) is 4.54. The SMILES string of the molecule is CCN(Cc1ccccc1)C1=C(c2ccccc2OC)C(=O)N(CCc2ccccc2)C1=O. The topological polar surface area (TPSA) is 49.9 Å². The van der Waals surface area contributed by atoms with Crippen LogP contribution in [0, 0.1) is 0 Å². The lowest BCUT2D eigenvalue weighted by molar-refractivity contribution is -0.137. The van der Waals surface area contributed by atoms with Crippen LogP contribution in [0.2, 0.25) is 0 Å². The van der Waals surface area contributed by atoms with Crippen molar-refractivity contribution in [2.45, 2.75) is 19.9 Å². The molecule has 2 amide bonds. The quantitative estimate of drug-likeness (QED) is 0.459. The number of likely N-dealkylation sites (N-methyl/N-ethyl adjacent to an activating group) is 1. The van der Waals surface area contributed by atoms with Gasteiger partial charge in [-0.05, 0) is 30.5 Å². The summed E-state index contributed by atoms with van der Waals surface area (Å²) < 4.78 is 5.55. The molecule has 1 heterocycles. The number of carbonyl (C=O) groups is 2. The van der Waals surface area contributed by atoms with E-state index in [-0.39, 0.29) is 11.8 Å². The van der Waals surface area contributed by atoms with Gasteiger partial charge in [0.25, 0.3) is 11.8 Å². The number of benzene rings is 3. The molecule has 1 aliphatic heterocycles. The number of carbonyl (C=O) groups excluding carboxylic acids is 2. The third-order valence-electron chi connectivity index (χ3n) is 5.90. The molecule has 0 saturated carbocycles. The van der Waals surface area contributed by atoms with Gasteiger partial charge in [-0.1, -0.05) is 78.9 Å². The zero-order valence-electron chi connectivity index (χ0n) is 19.0. The van der Waals surface area contributed by atoms with Gasteiger partial charge in [-0.25, -0.2) is 0 Å². The van der Waals surface area contributed by atoms with Gasteiger partial charge in [0, 0.05) is 25.2 Å². The molecule has 1 aliphatic rings. The standard InChI is InChI=1S/C28H28N2O3/c1-3-29(20-22-14-8-5-9-15-22)26-25(23-16-10-11-17-24(23)33-2)27(31)30(28(26)32)19-18-21-12-6-4-7-13-21/h4-17H,3,18-20H2,1-2H3. The van der Waals surface area contributed by atoms with Crippen molar-refractivity contribution < 1.29 is 14.3 Å². The van der Waals surface area contributed by atoms with E-state index in [2.05, 4.69) is 0 Å². The second-order valence-corrected chi connectivity index (χ2v) is 7.92. The summed E-state index contributed by atoms with van der Waals surface area (Å²) >= 11 is 0. The Bertz CT molecular complexity index is 1160. The fraction of sp³-hybridized carbons (Fsp3) is 0.214. The Balaban J connectivity index is 1.73. The molecular formula is C28H28N2O3. The Morgan fingerprint density at radius 1 is 0.788 bits per heavy atom. The Hall–Kier alpha value is -3.86. The first-order valence-corrected chi connectivity index (χ1v) is 11.2. The molecule has 168 valence electrons. The summed E-state index contributed by atoms with van der Waals surface area (Å²) in [6.07, 6.45) is 0.607. The van der Waals surface area contributed by atoms with Gasteiger partial charge in [0.15, 0.2) is 0 Å². The highest BCUT2D eigenvalue weighted by atomic mass is 16.5. The molecule has 5 nitrogen and oxygen atoms in total. The first-order chi connectivity index (χ1) is 16.1. The Morgan fingerprint density at radius 2 is 1.39 bits per heavy atom. The van der Waals surface area contributed by atoms with Crippen molar-refractivity contribution in [2.24, 2.45) is 0 Å². The van der Waals surface area contributed by atoms with Gasteiger partial charge in [0.1, 0.15) is 11.4 Å². The van der Waals surface area contributed by atoms with E-state index < -0.39 is 0 Å². The highest BCUT2D eigenvalue weighted by molar-refractivity contribution is 6.36. The number of hydrogen-bond donors (Lipinski definition) is 0. The predicted molar refractivity (Wildman–Crippen MR) is 129 cm³/mol. The van der Waals surface area contributed by atoms with E-state index in [1.807, 2.05) is 96.8 Å². The van der Waals surface area contributed by atoms with Gasteiger partial charge in [-0.2, -0.15) is 0 Å². The van der Waals surface area contributed by atoms with Crippen molar-refractivity contribution in [3.63, 3.8) is 0 Å². The summed E-state index contributed by atoms with van der Waals surface area (Å²) in [6.45, 7) is 3.46. The lowest BCUT2D eigenvalue weighted by atomic mass is 10.0. The summed E-state index contributed by atoms with van der Waals surface area (Å²) in [7, 11) is 1.58. The van der Waals surface area contributed by atoms with Gasteiger partial charge in [0.2, 0.25) is 0 Å². The number of amides is 2. The zero-order chi connectivity index (χ0) is 23.2. The number of hydrogen-bond acceptors (Lipinski definition) is 4. The Morgan fingerprint density at radius 3 is 2.03 bits per heavy atom. The van der Waals surface area contributed by atoms with Crippen LogP contribution in [0.1, 0.15) is 23.6 Å². The van der Waals surface area contributed by atoms with Crippen molar-refractivity contribution in [2.75, 3.05) is 20.2 Å². The largest absolute Gasteiger partial charge is 0.496 e. The molecule has 0 spiro atoms. The minimum absolute atomic E-state index is 0.255. The molecule has 33 heavy (non-hydrogen) atoms. The molecule has 5 heteroatoms. The van der Waals surface area contributed by atoms with E-state index >= 15 is 0 Å². The van der Waals surface area contributed by atoms with E-state index in [0.29, 0.717) is 48.6 Å². The van der Waals surface area contributed by atoms with Crippen molar-refractivity contribution in [3.05, 3.63) is 107 Å². The van der Waals surface area contributed by atoms with Gasteiger partial charge in [-0.15, -0.1) is 0 Å². The summed E-state index contributed by atoms with van der Waals surface area (Å²) in [4.78, 5) is 30.7. The lowest BCUT2D eigenvalue weighted by Crippen LogP contribution is -2.36. The second-order valence-electron chi connectivity index (χ2n) is 7.92. The summed E-state index contributed by atoms with van der Waals surface area (Å²) in [5.41, 5.74) is 3.64.